The molecule has 0 fully saturated rings. The molecule has 0 spiro atoms. The molecule has 0 radical (unpaired) electrons. The Morgan fingerprint density at radius 3 is 2.65 bits per heavy atom. The summed E-state index contributed by atoms with van der Waals surface area (Å²) in [6.45, 7) is 9.46. The molecule has 17 heavy (non-hydrogen) atoms. The van der Waals surface area contributed by atoms with Crippen LogP contribution in [0.3, 0.4) is 0 Å². The van der Waals surface area contributed by atoms with E-state index in [-0.39, 0.29) is 11.4 Å². The summed E-state index contributed by atoms with van der Waals surface area (Å²) < 4.78 is 4.64. The summed E-state index contributed by atoms with van der Waals surface area (Å²) in [4.78, 5) is 14.3. The first-order chi connectivity index (χ1) is 7.84. The van der Waals surface area contributed by atoms with Gasteiger partial charge >= 0.3 is 5.97 Å². The highest BCUT2D eigenvalue weighted by Gasteiger charge is 2.19. The van der Waals surface area contributed by atoms with E-state index in [0.29, 0.717) is 11.7 Å². The third kappa shape index (κ3) is 3.89. The number of ether oxygens (including phenoxy) is 1. The average molecular weight is 238 g/mol. The fourth-order valence-corrected chi connectivity index (χ4v) is 1.34. The maximum atomic E-state index is 11.3. The summed E-state index contributed by atoms with van der Waals surface area (Å²) >= 11 is 0. The zero-order chi connectivity index (χ0) is 13.1. The number of nitrogens with one attached hydrogen (secondary N) is 2. The Labute approximate surface area is 103 Å². The van der Waals surface area contributed by atoms with Crippen LogP contribution in [0.4, 0.5) is 0 Å². The molecule has 0 amide bonds. The number of esters is 1. The van der Waals surface area contributed by atoms with Gasteiger partial charge in [0.15, 0.2) is 0 Å². The number of aromatic amines is 1. The van der Waals surface area contributed by atoms with Crippen molar-refractivity contribution < 1.29 is 9.53 Å². The van der Waals surface area contributed by atoms with Crippen LogP contribution in [0, 0.1) is 5.41 Å². The zero-order valence-electron chi connectivity index (χ0n) is 11.3. The highest BCUT2D eigenvalue weighted by Crippen LogP contribution is 2.18. The molecule has 2 N–H and O–H groups in total. The summed E-state index contributed by atoms with van der Waals surface area (Å²) in [6.07, 6.45) is 0. The maximum Gasteiger partial charge on any atom is 0.354 e. The second-order valence-corrected chi connectivity index (χ2v) is 5.36. The monoisotopic (exact) mass is 238 g/mol. The molecule has 4 nitrogen and oxygen atoms in total. The summed E-state index contributed by atoms with van der Waals surface area (Å²) in [5.74, 6) is -0.333. The fraction of sp³-hybridized carbons (Fsp3) is 0.615. The van der Waals surface area contributed by atoms with Crippen molar-refractivity contribution in [2.75, 3.05) is 7.11 Å². The summed E-state index contributed by atoms with van der Waals surface area (Å²) in [5, 5.41) is 3.43. The molecule has 96 valence electrons. The van der Waals surface area contributed by atoms with E-state index in [0.717, 1.165) is 12.2 Å². The quantitative estimate of drug-likeness (QED) is 0.791. The molecule has 0 saturated carbocycles. The number of hydrogen-bond acceptors (Lipinski definition) is 3. The van der Waals surface area contributed by atoms with Crippen molar-refractivity contribution in [3.05, 3.63) is 23.5 Å². The minimum atomic E-state index is -0.333. The lowest BCUT2D eigenvalue weighted by Crippen LogP contribution is -2.37. The minimum Gasteiger partial charge on any atom is -0.464 e. The molecule has 0 aliphatic rings. The Morgan fingerprint density at radius 1 is 1.47 bits per heavy atom. The van der Waals surface area contributed by atoms with Crippen LogP contribution in [0.1, 0.15) is 43.9 Å². The van der Waals surface area contributed by atoms with Gasteiger partial charge in [0.1, 0.15) is 5.69 Å². The lowest BCUT2D eigenvalue weighted by atomic mass is 9.88. The lowest BCUT2D eigenvalue weighted by Gasteiger charge is -2.28. The summed E-state index contributed by atoms with van der Waals surface area (Å²) in [5.41, 5.74) is 1.70. The van der Waals surface area contributed by atoms with Gasteiger partial charge in [-0.05, 0) is 24.5 Å². The first-order valence-electron chi connectivity index (χ1n) is 5.84. The van der Waals surface area contributed by atoms with E-state index in [2.05, 4.69) is 42.7 Å². The van der Waals surface area contributed by atoms with Gasteiger partial charge in [0.25, 0.3) is 0 Å². The second-order valence-electron chi connectivity index (χ2n) is 5.36. The van der Waals surface area contributed by atoms with Crippen molar-refractivity contribution >= 4 is 5.97 Å². The van der Waals surface area contributed by atoms with E-state index in [1.165, 1.54) is 7.11 Å². The molecule has 1 aromatic rings. The smallest absolute Gasteiger partial charge is 0.354 e. The Hall–Kier alpha value is -1.29. The van der Waals surface area contributed by atoms with Gasteiger partial charge in [0, 0.05) is 18.3 Å². The topological polar surface area (TPSA) is 54.1 Å². The highest BCUT2D eigenvalue weighted by atomic mass is 16.5. The van der Waals surface area contributed by atoms with Gasteiger partial charge in [-0.25, -0.2) is 4.79 Å². The Balaban J connectivity index is 2.53. The maximum absolute atomic E-state index is 11.3. The molecule has 4 heteroatoms. The molecule has 0 bridgehead atoms. The van der Waals surface area contributed by atoms with E-state index < -0.39 is 0 Å². The zero-order valence-corrected chi connectivity index (χ0v) is 11.3. The van der Waals surface area contributed by atoms with Crippen LogP contribution in [0.15, 0.2) is 12.1 Å². The van der Waals surface area contributed by atoms with E-state index >= 15 is 0 Å². The van der Waals surface area contributed by atoms with Gasteiger partial charge in [-0.1, -0.05) is 20.8 Å². The number of rotatable bonds is 4. The van der Waals surface area contributed by atoms with Crippen LogP contribution in [0.5, 0.6) is 0 Å². The summed E-state index contributed by atoms with van der Waals surface area (Å²) in [7, 11) is 1.38. The molecule has 1 unspecified atom stereocenters. The average Bonchev–Trinajstić information content (AvgIpc) is 2.72. The normalized spacial score (nSPS) is 13.5. The first-order valence-corrected chi connectivity index (χ1v) is 5.84. The number of aromatic nitrogens is 1. The number of H-pyrrole nitrogens is 1. The molecule has 1 aromatic heterocycles. The molecule has 1 atom stereocenters. The van der Waals surface area contributed by atoms with E-state index in [1.807, 2.05) is 6.07 Å². The number of hydrogen-bond donors (Lipinski definition) is 2. The van der Waals surface area contributed by atoms with Crippen LogP contribution >= 0.6 is 0 Å². The van der Waals surface area contributed by atoms with Crippen LogP contribution in [0.25, 0.3) is 0 Å². The molecule has 0 aliphatic heterocycles. The van der Waals surface area contributed by atoms with Crippen molar-refractivity contribution in [1.29, 1.82) is 0 Å². The molecule has 0 aliphatic carbocycles. The predicted octanol–water partition coefficient (Wildman–Crippen LogP) is 2.33. The fourth-order valence-electron chi connectivity index (χ4n) is 1.34. The molecule has 1 heterocycles. The largest absolute Gasteiger partial charge is 0.464 e. The highest BCUT2D eigenvalue weighted by molar-refractivity contribution is 5.87. The molecular weight excluding hydrogens is 216 g/mol. The van der Waals surface area contributed by atoms with Crippen LogP contribution in [-0.4, -0.2) is 24.1 Å². The molecule has 1 rings (SSSR count). The SMILES string of the molecule is COC(=O)c1ccc(CNC(C)C(C)(C)C)[nH]1. The molecular formula is C13H22N2O2. The Bertz CT molecular complexity index is 377. The van der Waals surface area contributed by atoms with E-state index in [4.69, 9.17) is 0 Å². The van der Waals surface area contributed by atoms with Crippen molar-refractivity contribution in [3.8, 4) is 0 Å². The van der Waals surface area contributed by atoms with Gasteiger partial charge in [0.05, 0.1) is 7.11 Å². The summed E-state index contributed by atoms with van der Waals surface area (Å²) in [6, 6.07) is 4.03. The van der Waals surface area contributed by atoms with Crippen LogP contribution in [-0.2, 0) is 11.3 Å². The van der Waals surface area contributed by atoms with Gasteiger partial charge in [-0.3, -0.25) is 0 Å². The molecule has 0 saturated heterocycles. The van der Waals surface area contributed by atoms with Gasteiger partial charge in [-0.15, -0.1) is 0 Å². The predicted molar refractivity (Wildman–Crippen MR) is 67.9 cm³/mol. The third-order valence-corrected chi connectivity index (χ3v) is 3.05. The minimum absolute atomic E-state index is 0.220. The number of carbonyl (C=O) groups excluding carboxylic acids is 1. The lowest BCUT2D eigenvalue weighted by molar-refractivity contribution is 0.0594. The van der Waals surface area contributed by atoms with E-state index in [9.17, 15) is 4.79 Å². The Kier molecular flexibility index (Phi) is 4.34. The second kappa shape index (κ2) is 5.36. The standard InChI is InChI=1S/C13H22N2O2/c1-9(13(2,3)4)14-8-10-6-7-11(15-10)12(16)17-5/h6-7,9,14-15H,8H2,1-5H3. The van der Waals surface area contributed by atoms with Gasteiger partial charge in [-0.2, -0.15) is 0 Å². The number of carbonyl (C=O) groups is 1. The van der Waals surface area contributed by atoms with Crippen LogP contribution in [0.2, 0.25) is 0 Å². The van der Waals surface area contributed by atoms with Crippen molar-refractivity contribution in [3.63, 3.8) is 0 Å². The van der Waals surface area contributed by atoms with Gasteiger partial charge in [0.2, 0.25) is 0 Å². The van der Waals surface area contributed by atoms with Gasteiger partial charge < -0.3 is 15.0 Å². The first kappa shape index (κ1) is 13.8. The third-order valence-electron chi connectivity index (χ3n) is 3.05. The van der Waals surface area contributed by atoms with Crippen molar-refractivity contribution in [2.45, 2.75) is 40.3 Å². The van der Waals surface area contributed by atoms with Crippen LogP contribution < -0.4 is 5.32 Å². The van der Waals surface area contributed by atoms with Crippen molar-refractivity contribution in [1.82, 2.24) is 10.3 Å². The Morgan fingerprint density at radius 2 is 2.12 bits per heavy atom. The van der Waals surface area contributed by atoms with E-state index in [1.54, 1.807) is 6.07 Å². The molecule has 0 aromatic carbocycles. The number of methoxy groups -OCH3 is 1. The van der Waals surface area contributed by atoms with Crippen molar-refractivity contribution in [2.24, 2.45) is 5.41 Å².